The smallest absolute Gasteiger partial charge is 0.273 e. The summed E-state index contributed by atoms with van der Waals surface area (Å²) >= 11 is 5.82. The Labute approximate surface area is 161 Å². The predicted octanol–water partition coefficient (Wildman–Crippen LogP) is 3.21. The number of methoxy groups -OCH3 is 1. The third-order valence-corrected chi connectivity index (χ3v) is 3.89. The van der Waals surface area contributed by atoms with Crippen LogP contribution in [0.5, 0.6) is 11.5 Å². The molecule has 0 fully saturated rings. The molecule has 0 aliphatic heterocycles. The van der Waals surface area contributed by atoms with Crippen LogP contribution in [0.4, 0.5) is 11.4 Å². The van der Waals surface area contributed by atoms with Crippen molar-refractivity contribution in [2.75, 3.05) is 39.2 Å². The summed E-state index contributed by atoms with van der Waals surface area (Å²) in [5.74, 6) is 0.662. The molecule has 2 rings (SSSR count). The summed E-state index contributed by atoms with van der Waals surface area (Å²) in [6.07, 6.45) is 0. The van der Waals surface area contributed by atoms with Gasteiger partial charge in [-0.1, -0.05) is 11.6 Å². The fraction of sp³-hybridized carbons (Fsp3) is 0.278. The van der Waals surface area contributed by atoms with Gasteiger partial charge < -0.3 is 14.8 Å². The van der Waals surface area contributed by atoms with Gasteiger partial charge in [-0.25, -0.2) is 0 Å². The lowest BCUT2D eigenvalue weighted by atomic mass is 10.2. The van der Waals surface area contributed by atoms with Crippen molar-refractivity contribution < 1.29 is 19.2 Å². The largest absolute Gasteiger partial charge is 0.494 e. The van der Waals surface area contributed by atoms with Gasteiger partial charge in [-0.2, -0.15) is 0 Å². The fourth-order valence-corrected chi connectivity index (χ4v) is 2.39. The molecule has 1 N–H and O–H groups in total. The number of nitro benzene ring substituents is 1. The summed E-state index contributed by atoms with van der Waals surface area (Å²) in [5.41, 5.74) is 0.264. The highest BCUT2D eigenvalue weighted by Crippen LogP contribution is 2.28. The number of hydrogen-bond donors (Lipinski definition) is 1. The summed E-state index contributed by atoms with van der Waals surface area (Å²) in [7, 11) is 3.17. The molecule has 0 heterocycles. The van der Waals surface area contributed by atoms with Crippen LogP contribution in [-0.4, -0.2) is 49.6 Å². The molecule has 9 heteroatoms. The molecule has 0 aromatic heterocycles. The van der Waals surface area contributed by atoms with Crippen LogP contribution in [-0.2, 0) is 4.79 Å². The minimum Gasteiger partial charge on any atom is -0.494 e. The van der Waals surface area contributed by atoms with E-state index in [1.165, 1.54) is 25.3 Å². The minimum atomic E-state index is -0.525. The molecule has 0 radical (unpaired) electrons. The first kappa shape index (κ1) is 20.5. The summed E-state index contributed by atoms with van der Waals surface area (Å²) in [6, 6.07) is 11.0. The van der Waals surface area contributed by atoms with Gasteiger partial charge in [0.2, 0.25) is 5.91 Å². The Morgan fingerprint density at radius 1 is 1.26 bits per heavy atom. The van der Waals surface area contributed by atoms with E-state index in [9.17, 15) is 14.9 Å². The highest BCUT2D eigenvalue weighted by Gasteiger charge is 2.14. The van der Waals surface area contributed by atoms with Gasteiger partial charge in [0.25, 0.3) is 5.69 Å². The van der Waals surface area contributed by atoms with Crippen molar-refractivity contribution >= 4 is 28.9 Å². The van der Waals surface area contributed by atoms with Crippen molar-refractivity contribution in [3.63, 3.8) is 0 Å². The first-order valence-electron chi connectivity index (χ1n) is 8.08. The lowest BCUT2D eigenvalue weighted by Crippen LogP contribution is -2.33. The maximum atomic E-state index is 12.2. The first-order valence-corrected chi connectivity index (χ1v) is 8.46. The molecule has 8 nitrogen and oxygen atoms in total. The van der Waals surface area contributed by atoms with Crippen LogP contribution >= 0.6 is 11.6 Å². The second-order valence-electron chi connectivity index (χ2n) is 5.73. The van der Waals surface area contributed by atoms with Gasteiger partial charge in [-0.05, 0) is 37.4 Å². The number of halogens is 1. The normalized spacial score (nSPS) is 10.5. The van der Waals surface area contributed by atoms with E-state index in [1.54, 1.807) is 36.2 Å². The van der Waals surface area contributed by atoms with Crippen LogP contribution in [0.15, 0.2) is 42.5 Å². The quantitative estimate of drug-likeness (QED) is 0.519. The zero-order chi connectivity index (χ0) is 19.8. The van der Waals surface area contributed by atoms with E-state index in [-0.39, 0.29) is 23.9 Å². The molecule has 0 aliphatic carbocycles. The highest BCUT2D eigenvalue weighted by atomic mass is 35.5. The van der Waals surface area contributed by atoms with E-state index in [2.05, 4.69) is 5.32 Å². The Kier molecular flexibility index (Phi) is 7.39. The molecule has 0 saturated heterocycles. The molecule has 0 bridgehead atoms. The molecule has 0 aliphatic rings. The Balaban J connectivity index is 1.82. The SMILES string of the molecule is COc1cc([N+](=O)[O-])ccc1NC(=O)CN(C)CCOc1ccc(Cl)cc1. The number of likely N-dealkylation sites (N-methyl/N-ethyl adjacent to an activating group) is 1. The monoisotopic (exact) mass is 393 g/mol. The number of nitrogens with one attached hydrogen (secondary N) is 1. The number of carbonyl (C=O) groups excluding carboxylic acids is 1. The van der Waals surface area contributed by atoms with Crippen molar-refractivity contribution in [3.05, 3.63) is 57.6 Å². The van der Waals surface area contributed by atoms with Crippen LogP contribution in [0.2, 0.25) is 5.02 Å². The van der Waals surface area contributed by atoms with Gasteiger partial charge in [0.05, 0.1) is 30.3 Å². The third-order valence-electron chi connectivity index (χ3n) is 3.64. The van der Waals surface area contributed by atoms with Crippen LogP contribution in [0, 0.1) is 10.1 Å². The van der Waals surface area contributed by atoms with Crippen LogP contribution in [0.3, 0.4) is 0 Å². The van der Waals surface area contributed by atoms with E-state index in [0.717, 1.165) is 0 Å². The Morgan fingerprint density at radius 2 is 1.96 bits per heavy atom. The standard InChI is InChI=1S/C18H20ClN3O5/c1-21(9-10-27-15-6-3-13(19)4-7-15)12-18(23)20-16-8-5-14(22(24)25)11-17(16)26-2/h3-8,11H,9-10,12H2,1-2H3,(H,20,23). The molecule has 144 valence electrons. The van der Waals surface area contributed by atoms with E-state index in [0.29, 0.717) is 29.6 Å². The molecule has 0 atom stereocenters. The predicted molar refractivity (Wildman–Crippen MR) is 103 cm³/mol. The van der Waals surface area contributed by atoms with E-state index in [4.69, 9.17) is 21.1 Å². The van der Waals surface area contributed by atoms with Crippen LogP contribution < -0.4 is 14.8 Å². The summed E-state index contributed by atoms with van der Waals surface area (Å²) in [4.78, 5) is 24.3. The Bertz CT molecular complexity index is 798. The maximum absolute atomic E-state index is 12.2. The zero-order valence-electron chi connectivity index (χ0n) is 15.0. The van der Waals surface area contributed by atoms with Gasteiger partial charge in [-0.15, -0.1) is 0 Å². The molecule has 0 unspecified atom stereocenters. The molecule has 2 aromatic rings. The topological polar surface area (TPSA) is 93.9 Å². The van der Waals surface area contributed by atoms with Gasteiger partial charge in [0.1, 0.15) is 18.1 Å². The molecular formula is C18H20ClN3O5. The minimum absolute atomic E-state index is 0.110. The average Bonchev–Trinajstić information content (AvgIpc) is 2.63. The first-order chi connectivity index (χ1) is 12.9. The van der Waals surface area contributed by atoms with Crippen molar-refractivity contribution in [2.45, 2.75) is 0 Å². The second-order valence-corrected chi connectivity index (χ2v) is 6.17. The number of benzene rings is 2. The molecular weight excluding hydrogens is 374 g/mol. The van der Waals surface area contributed by atoms with E-state index >= 15 is 0 Å². The molecule has 0 spiro atoms. The second kappa shape index (κ2) is 9.75. The van der Waals surface area contributed by atoms with Crippen molar-refractivity contribution in [1.29, 1.82) is 0 Å². The van der Waals surface area contributed by atoms with E-state index < -0.39 is 4.92 Å². The number of amides is 1. The molecule has 27 heavy (non-hydrogen) atoms. The number of rotatable bonds is 9. The van der Waals surface area contributed by atoms with Crippen molar-refractivity contribution in [2.24, 2.45) is 0 Å². The lowest BCUT2D eigenvalue weighted by molar-refractivity contribution is -0.384. The number of carbonyl (C=O) groups is 1. The summed E-state index contributed by atoms with van der Waals surface area (Å²) in [5, 5.41) is 14.1. The summed E-state index contributed by atoms with van der Waals surface area (Å²) < 4.78 is 10.7. The van der Waals surface area contributed by atoms with Crippen LogP contribution in [0.25, 0.3) is 0 Å². The highest BCUT2D eigenvalue weighted by molar-refractivity contribution is 6.30. The molecule has 0 saturated carbocycles. The Morgan fingerprint density at radius 3 is 2.59 bits per heavy atom. The van der Waals surface area contributed by atoms with Gasteiger partial charge in [-0.3, -0.25) is 19.8 Å². The zero-order valence-corrected chi connectivity index (χ0v) is 15.7. The Hall–Kier alpha value is -2.84. The third kappa shape index (κ3) is 6.43. The number of non-ortho nitro benzene ring substituents is 1. The van der Waals surface area contributed by atoms with Gasteiger partial charge in [0, 0.05) is 17.6 Å². The van der Waals surface area contributed by atoms with Crippen molar-refractivity contribution in [1.82, 2.24) is 4.90 Å². The number of hydrogen-bond acceptors (Lipinski definition) is 6. The number of ether oxygens (including phenoxy) is 2. The van der Waals surface area contributed by atoms with Crippen molar-refractivity contribution in [3.8, 4) is 11.5 Å². The molecule has 2 aromatic carbocycles. The van der Waals surface area contributed by atoms with E-state index in [1.807, 2.05) is 0 Å². The lowest BCUT2D eigenvalue weighted by Gasteiger charge is -2.17. The maximum Gasteiger partial charge on any atom is 0.273 e. The number of nitro groups is 1. The van der Waals surface area contributed by atoms with Gasteiger partial charge in [0.15, 0.2) is 0 Å². The molecule has 1 amide bonds. The van der Waals surface area contributed by atoms with Gasteiger partial charge >= 0.3 is 0 Å². The fourth-order valence-electron chi connectivity index (χ4n) is 2.26. The average molecular weight is 394 g/mol. The number of anilines is 1. The summed E-state index contributed by atoms with van der Waals surface area (Å²) in [6.45, 7) is 1.07. The van der Waals surface area contributed by atoms with Crippen LogP contribution in [0.1, 0.15) is 0 Å². The number of nitrogens with zero attached hydrogens (tertiary/aromatic N) is 2.